The van der Waals surface area contributed by atoms with Gasteiger partial charge in [0.15, 0.2) is 25.1 Å². The summed E-state index contributed by atoms with van der Waals surface area (Å²) in [4.78, 5) is 57.6. The molecular formula is C20H9NO6. The van der Waals surface area contributed by atoms with Gasteiger partial charge in [0, 0.05) is 45.2 Å². The average molecular weight is 359 g/mol. The summed E-state index contributed by atoms with van der Waals surface area (Å²) in [6.07, 6.45) is 1.97. The highest BCUT2D eigenvalue weighted by Crippen LogP contribution is 2.42. The number of hydrogen-bond donors (Lipinski definition) is 0. The van der Waals surface area contributed by atoms with Crippen LogP contribution in [0.3, 0.4) is 0 Å². The number of nitrogens with zero attached hydrogens (tertiary/aromatic N) is 1. The second-order valence-corrected chi connectivity index (χ2v) is 6.03. The third-order valence-electron chi connectivity index (χ3n) is 4.86. The van der Waals surface area contributed by atoms with Crippen molar-refractivity contribution in [3.63, 3.8) is 0 Å². The number of nitro groups is 1. The highest BCUT2D eigenvalue weighted by atomic mass is 16.6. The molecule has 0 heterocycles. The lowest BCUT2D eigenvalue weighted by molar-refractivity contribution is -0.384. The van der Waals surface area contributed by atoms with Crippen molar-refractivity contribution >= 4 is 63.1 Å². The van der Waals surface area contributed by atoms with Gasteiger partial charge in [-0.2, -0.15) is 0 Å². The van der Waals surface area contributed by atoms with Gasteiger partial charge in [-0.05, 0) is 21.5 Å². The minimum Gasteiger partial charge on any atom is -0.298 e. The number of non-ortho nitro benzene ring substituents is 1. The van der Waals surface area contributed by atoms with Gasteiger partial charge in [0.05, 0.1) is 4.92 Å². The van der Waals surface area contributed by atoms with Gasteiger partial charge in [-0.3, -0.25) is 29.3 Å². The quantitative estimate of drug-likeness (QED) is 0.232. The van der Waals surface area contributed by atoms with Crippen LogP contribution in [0.5, 0.6) is 0 Å². The first-order valence-corrected chi connectivity index (χ1v) is 7.83. The van der Waals surface area contributed by atoms with Crippen LogP contribution in [0.2, 0.25) is 0 Å². The van der Waals surface area contributed by atoms with Crippen LogP contribution in [-0.4, -0.2) is 30.1 Å². The molecule has 0 aliphatic heterocycles. The standard InChI is InChI=1S/C20H9NO6/c22-6-15-11-2-1-3-12-16(7-23)18(9-25)14-5-10(21(26)27)4-13(17(15)8-24)20(14)19(11)12/h1-9H. The maximum absolute atomic E-state index is 11.7. The molecule has 0 amide bonds. The summed E-state index contributed by atoms with van der Waals surface area (Å²) in [5.74, 6) is 0. The third kappa shape index (κ3) is 2.02. The van der Waals surface area contributed by atoms with Crippen LogP contribution in [0, 0.1) is 10.1 Å². The molecule has 130 valence electrons. The fraction of sp³-hybridized carbons (Fsp3) is 0. The Morgan fingerprint density at radius 2 is 1.04 bits per heavy atom. The first-order chi connectivity index (χ1) is 13.1. The average Bonchev–Trinajstić information content (AvgIpc) is 2.69. The van der Waals surface area contributed by atoms with E-state index in [0.717, 1.165) is 0 Å². The van der Waals surface area contributed by atoms with Gasteiger partial charge < -0.3 is 0 Å². The van der Waals surface area contributed by atoms with Gasteiger partial charge in [-0.15, -0.1) is 0 Å². The second kappa shape index (κ2) is 5.77. The van der Waals surface area contributed by atoms with E-state index in [1.54, 1.807) is 18.2 Å². The molecule has 4 aromatic carbocycles. The number of benzene rings is 4. The first-order valence-electron chi connectivity index (χ1n) is 7.83. The summed E-state index contributed by atoms with van der Waals surface area (Å²) in [6.45, 7) is 0. The molecule has 0 atom stereocenters. The van der Waals surface area contributed by atoms with E-state index in [4.69, 9.17) is 0 Å². The van der Waals surface area contributed by atoms with Crippen LogP contribution in [0.1, 0.15) is 41.4 Å². The maximum Gasteiger partial charge on any atom is 0.270 e. The predicted octanol–water partition coefficient (Wildman–Crippen LogP) is 3.74. The van der Waals surface area contributed by atoms with Gasteiger partial charge >= 0.3 is 0 Å². The van der Waals surface area contributed by atoms with Crippen LogP contribution in [0.4, 0.5) is 5.69 Å². The van der Waals surface area contributed by atoms with Crippen molar-refractivity contribution in [1.82, 2.24) is 0 Å². The molecular weight excluding hydrogens is 350 g/mol. The van der Waals surface area contributed by atoms with E-state index >= 15 is 0 Å². The number of rotatable bonds is 5. The summed E-state index contributed by atoms with van der Waals surface area (Å²) < 4.78 is 0. The smallest absolute Gasteiger partial charge is 0.270 e. The lowest BCUT2D eigenvalue weighted by Crippen LogP contribution is -2.03. The van der Waals surface area contributed by atoms with Gasteiger partial charge in [-0.1, -0.05) is 18.2 Å². The van der Waals surface area contributed by atoms with Crippen molar-refractivity contribution in [2.45, 2.75) is 0 Å². The minimum atomic E-state index is -0.654. The molecule has 0 radical (unpaired) electrons. The molecule has 0 spiro atoms. The molecule has 0 N–H and O–H groups in total. The minimum absolute atomic E-state index is 0.00871. The topological polar surface area (TPSA) is 111 Å². The molecule has 0 fully saturated rings. The summed E-state index contributed by atoms with van der Waals surface area (Å²) in [7, 11) is 0. The Kier molecular flexibility index (Phi) is 3.52. The van der Waals surface area contributed by atoms with Gasteiger partial charge in [0.1, 0.15) is 0 Å². The van der Waals surface area contributed by atoms with Crippen LogP contribution in [0.25, 0.3) is 32.3 Å². The molecule has 0 bridgehead atoms. The van der Waals surface area contributed by atoms with Crippen LogP contribution in [0.15, 0.2) is 30.3 Å². The van der Waals surface area contributed by atoms with Crippen molar-refractivity contribution in [3.8, 4) is 0 Å². The molecule has 7 nitrogen and oxygen atoms in total. The number of carbonyl (C=O) groups is 4. The van der Waals surface area contributed by atoms with E-state index in [1.165, 1.54) is 12.1 Å². The fourth-order valence-electron chi connectivity index (χ4n) is 3.79. The molecule has 4 aromatic rings. The van der Waals surface area contributed by atoms with E-state index in [9.17, 15) is 29.3 Å². The number of aldehydes is 4. The Labute approximate surface area is 150 Å². The van der Waals surface area contributed by atoms with Crippen molar-refractivity contribution < 1.29 is 24.1 Å². The van der Waals surface area contributed by atoms with Crippen molar-refractivity contribution in [1.29, 1.82) is 0 Å². The Balaban J connectivity index is 2.51. The second-order valence-electron chi connectivity index (χ2n) is 6.03. The fourth-order valence-corrected chi connectivity index (χ4v) is 3.79. The van der Waals surface area contributed by atoms with Gasteiger partial charge in [0.25, 0.3) is 5.69 Å². The molecule has 0 saturated heterocycles. The van der Waals surface area contributed by atoms with Crippen molar-refractivity contribution in [3.05, 3.63) is 62.7 Å². The number of carbonyl (C=O) groups excluding carboxylic acids is 4. The molecule has 0 unspecified atom stereocenters. The van der Waals surface area contributed by atoms with Gasteiger partial charge in [-0.25, -0.2) is 0 Å². The Morgan fingerprint density at radius 1 is 0.667 bits per heavy atom. The normalized spacial score (nSPS) is 11.1. The summed E-state index contributed by atoms with van der Waals surface area (Å²) in [5, 5.41) is 13.6. The maximum atomic E-state index is 11.7. The van der Waals surface area contributed by atoms with Gasteiger partial charge in [0.2, 0.25) is 0 Å². The lowest BCUT2D eigenvalue weighted by Gasteiger charge is -2.17. The van der Waals surface area contributed by atoms with E-state index in [1.807, 2.05) is 0 Å². The SMILES string of the molecule is O=Cc1c(C=O)c2cc([N+](=O)[O-])cc3c(C=O)c(C=O)c4cccc1c4c23. The van der Waals surface area contributed by atoms with E-state index < -0.39 is 4.92 Å². The Hall–Kier alpha value is -4.00. The van der Waals surface area contributed by atoms with E-state index in [2.05, 4.69) is 0 Å². The number of nitro benzene ring substituents is 1. The molecule has 0 aromatic heterocycles. The zero-order valence-electron chi connectivity index (χ0n) is 13.6. The molecule has 0 saturated carbocycles. The monoisotopic (exact) mass is 359 g/mol. The molecule has 4 rings (SSSR count). The van der Waals surface area contributed by atoms with Crippen LogP contribution in [-0.2, 0) is 0 Å². The zero-order valence-corrected chi connectivity index (χ0v) is 13.6. The highest BCUT2D eigenvalue weighted by Gasteiger charge is 2.24. The molecule has 0 aliphatic carbocycles. The third-order valence-corrected chi connectivity index (χ3v) is 4.86. The largest absolute Gasteiger partial charge is 0.298 e. The van der Waals surface area contributed by atoms with Crippen molar-refractivity contribution in [2.24, 2.45) is 0 Å². The van der Waals surface area contributed by atoms with Crippen LogP contribution < -0.4 is 0 Å². The first kappa shape index (κ1) is 16.5. The van der Waals surface area contributed by atoms with E-state index in [-0.39, 0.29) is 38.7 Å². The zero-order chi connectivity index (χ0) is 19.3. The Morgan fingerprint density at radius 3 is 1.41 bits per heavy atom. The summed E-state index contributed by atoms with van der Waals surface area (Å²) >= 11 is 0. The predicted molar refractivity (Wildman–Crippen MR) is 98.4 cm³/mol. The summed E-state index contributed by atoms with van der Waals surface area (Å²) in [5.41, 5.74) is -0.161. The Bertz CT molecular complexity index is 1230. The molecule has 0 aliphatic rings. The molecule has 7 heteroatoms. The highest BCUT2D eigenvalue weighted by molar-refractivity contribution is 6.34. The van der Waals surface area contributed by atoms with Crippen LogP contribution >= 0.6 is 0 Å². The number of hydrogen-bond acceptors (Lipinski definition) is 6. The summed E-state index contributed by atoms with van der Waals surface area (Å²) in [6, 6.07) is 7.30. The van der Waals surface area contributed by atoms with Crippen molar-refractivity contribution in [2.75, 3.05) is 0 Å². The molecule has 27 heavy (non-hydrogen) atoms. The lowest BCUT2D eigenvalue weighted by atomic mass is 9.84. The van der Waals surface area contributed by atoms with E-state index in [0.29, 0.717) is 46.7 Å².